The van der Waals surface area contributed by atoms with Gasteiger partial charge in [-0.15, -0.1) is 0 Å². The monoisotopic (exact) mass is 200 g/mol. The maximum absolute atomic E-state index is 11.7. The summed E-state index contributed by atoms with van der Waals surface area (Å²) in [5, 5.41) is 12.2. The first-order valence-corrected chi connectivity index (χ1v) is 5.26. The van der Waals surface area contributed by atoms with Crippen LogP contribution in [0.5, 0.6) is 0 Å². The number of carbonyl (C=O) groups excluding carboxylic acids is 1. The number of hydrogen-bond donors (Lipinski definition) is 2. The highest BCUT2D eigenvalue weighted by Gasteiger charge is 2.27. The third-order valence-electron chi connectivity index (χ3n) is 2.25. The van der Waals surface area contributed by atoms with Gasteiger partial charge in [-0.05, 0) is 33.6 Å². The highest BCUT2D eigenvalue weighted by atomic mass is 16.3. The van der Waals surface area contributed by atoms with Gasteiger partial charge in [0.2, 0.25) is 0 Å². The molecule has 1 fully saturated rings. The summed E-state index contributed by atoms with van der Waals surface area (Å²) < 4.78 is 0. The van der Waals surface area contributed by atoms with Crippen LogP contribution in [-0.4, -0.2) is 40.8 Å². The van der Waals surface area contributed by atoms with Gasteiger partial charge in [0.1, 0.15) is 0 Å². The predicted molar refractivity (Wildman–Crippen MR) is 55.1 cm³/mol. The lowest BCUT2D eigenvalue weighted by Gasteiger charge is -2.28. The van der Waals surface area contributed by atoms with Crippen molar-refractivity contribution in [2.24, 2.45) is 0 Å². The number of rotatable bonds is 4. The van der Waals surface area contributed by atoms with E-state index >= 15 is 0 Å². The summed E-state index contributed by atoms with van der Waals surface area (Å²) in [5.74, 6) is 0. The molecule has 1 saturated carbocycles. The molecular weight excluding hydrogens is 180 g/mol. The molecule has 1 aliphatic rings. The average molecular weight is 200 g/mol. The number of carbonyl (C=O) groups is 1. The third-order valence-corrected chi connectivity index (χ3v) is 2.25. The molecule has 0 aromatic rings. The Bertz CT molecular complexity index is 200. The van der Waals surface area contributed by atoms with Crippen molar-refractivity contribution in [3.8, 4) is 0 Å². The van der Waals surface area contributed by atoms with Crippen LogP contribution in [0, 0.1) is 0 Å². The number of aliphatic hydroxyl groups excluding tert-OH is 1. The molecule has 14 heavy (non-hydrogen) atoms. The number of nitrogens with zero attached hydrogens (tertiary/aromatic N) is 1. The second-order valence-electron chi connectivity index (χ2n) is 4.32. The van der Waals surface area contributed by atoms with Crippen molar-refractivity contribution in [3.05, 3.63) is 0 Å². The second kappa shape index (κ2) is 4.64. The van der Waals surface area contributed by atoms with Crippen LogP contribution in [0.25, 0.3) is 0 Å². The van der Waals surface area contributed by atoms with Gasteiger partial charge in [0.15, 0.2) is 0 Å². The Morgan fingerprint density at radius 3 is 2.43 bits per heavy atom. The van der Waals surface area contributed by atoms with Crippen LogP contribution in [0.3, 0.4) is 0 Å². The predicted octanol–water partition coefficient (Wildman–Crippen LogP) is 0.950. The SMILES string of the molecule is CC(C)N(C[C@H](C)O)C(=O)NC1CC1. The lowest BCUT2D eigenvalue weighted by atomic mass is 10.3. The standard InChI is InChI=1S/C10H20N2O2/c1-7(2)12(6-8(3)13)10(14)11-9-4-5-9/h7-9,13H,4-6H2,1-3H3,(H,11,14)/t8-/m0/s1. The highest BCUT2D eigenvalue weighted by Crippen LogP contribution is 2.19. The molecule has 0 spiro atoms. The van der Waals surface area contributed by atoms with Gasteiger partial charge in [0.05, 0.1) is 6.10 Å². The summed E-state index contributed by atoms with van der Waals surface area (Å²) in [7, 11) is 0. The number of aliphatic hydroxyl groups is 1. The molecule has 2 N–H and O–H groups in total. The minimum Gasteiger partial charge on any atom is -0.392 e. The fourth-order valence-corrected chi connectivity index (χ4v) is 1.30. The summed E-state index contributed by atoms with van der Waals surface area (Å²) in [6, 6.07) is 0.449. The van der Waals surface area contributed by atoms with Crippen LogP contribution < -0.4 is 5.32 Å². The molecule has 0 bridgehead atoms. The van der Waals surface area contributed by atoms with Gasteiger partial charge in [-0.25, -0.2) is 4.79 Å². The van der Waals surface area contributed by atoms with E-state index in [1.807, 2.05) is 13.8 Å². The highest BCUT2D eigenvalue weighted by molar-refractivity contribution is 5.75. The minimum absolute atomic E-state index is 0.0524. The van der Waals surface area contributed by atoms with E-state index in [1.54, 1.807) is 11.8 Å². The molecular formula is C10H20N2O2. The first-order valence-electron chi connectivity index (χ1n) is 5.26. The largest absolute Gasteiger partial charge is 0.392 e. The first-order chi connectivity index (χ1) is 6.50. The van der Waals surface area contributed by atoms with Gasteiger partial charge in [0, 0.05) is 18.6 Å². The van der Waals surface area contributed by atoms with Crippen LogP contribution in [-0.2, 0) is 0 Å². The fourth-order valence-electron chi connectivity index (χ4n) is 1.30. The van der Waals surface area contributed by atoms with Gasteiger partial charge in [0.25, 0.3) is 0 Å². The first kappa shape index (κ1) is 11.3. The van der Waals surface area contributed by atoms with Gasteiger partial charge in [-0.1, -0.05) is 0 Å². The molecule has 2 amide bonds. The van der Waals surface area contributed by atoms with E-state index in [2.05, 4.69) is 5.32 Å². The fraction of sp³-hybridized carbons (Fsp3) is 0.900. The van der Waals surface area contributed by atoms with Gasteiger partial charge < -0.3 is 15.3 Å². The van der Waals surface area contributed by atoms with E-state index in [4.69, 9.17) is 0 Å². The number of amides is 2. The Balaban J connectivity index is 2.42. The van der Waals surface area contributed by atoms with Crippen LogP contribution >= 0.6 is 0 Å². The number of hydrogen-bond acceptors (Lipinski definition) is 2. The maximum atomic E-state index is 11.7. The van der Waals surface area contributed by atoms with Crippen molar-refractivity contribution < 1.29 is 9.90 Å². The van der Waals surface area contributed by atoms with E-state index in [9.17, 15) is 9.90 Å². The summed E-state index contributed by atoms with van der Waals surface area (Å²) in [4.78, 5) is 13.3. The van der Waals surface area contributed by atoms with Crippen molar-refractivity contribution >= 4 is 6.03 Å². The van der Waals surface area contributed by atoms with E-state index < -0.39 is 6.10 Å². The smallest absolute Gasteiger partial charge is 0.317 e. The molecule has 0 heterocycles. The number of urea groups is 1. The summed E-state index contributed by atoms with van der Waals surface area (Å²) in [6.07, 6.45) is 1.71. The molecule has 4 heteroatoms. The van der Waals surface area contributed by atoms with Gasteiger partial charge in [-0.2, -0.15) is 0 Å². The zero-order valence-corrected chi connectivity index (χ0v) is 9.16. The average Bonchev–Trinajstić information content (AvgIpc) is 2.82. The Kier molecular flexibility index (Phi) is 3.75. The minimum atomic E-state index is -0.470. The van der Waals surface area contributed by atoms with Crippen LogP contribution in [0.2, 0.25) is 0 Å². The summed E-state index contributed by atoms with van der Waals surface area (Å²) in [6.45, 7) is 6.00. The van der Waals surface area contributed by atoms with Crippen molar-refractivity contribution in [2.45, 2.75) is 51.8 Å². The zero-order valence-electron chi connectivity index (χ0n) is 9.16. The van der Waals surface area contributed by atoms with Crippen LogP contribution in [0.4, 0.5) is 4.79 Å². The van der Waals surface area contributed by atoms with E-state index in [0.717, 1.165) is 12.8 Å². The van der Waals surface area contributed by atoms with Crippen molar-refractivity contribution in [2.75, 3.05) is 6.54 Å². The molecule has 0 aliphatic heterocycles. The lowest BCUT2D eigenvalue weighted by molar-refractivity contribution is 0.118. The van der Waals surface area contributed by atoms with Gasteiger partial charge >= 0.3 is 6.03 Å². The molecule has 0 aromatic carbocycles. The van der Waals surface area contributed by atoms with E-state index in [-0.39, 0.29) is 12.1 Å². The van der Waals surface area contributed by atoms with Crippen LogP contribution in [0.15, 0.2) is 0 Å². The summed E-state index contributed by atoms with van der Waals surface area (Å²) in [5.41, 5.74) is 0. The van der Waals surface area contributed by atoms with Crippen molar-refractivity contribution in [3.63, 3.8) is 0 Å². The van der Waals surface area contributed by atoms with Crippen molar-refractivity contribution in [1.29, 1.82) is 0 Å². The third kappa shape index (κ3) is 3.54. The lowest BCUT2D eigenvalue weighted by Crippen LogP contribution is -2.47. The molecule has 0 aromatic heterocycles. The normalized spacial score (nSPS) is 18.1. The Morgan fingerprint density at radius 2 is 2.07 bits per heavy atom. The molecule has 0 radical (unpaired) electrons. The Hall–Kier alpha value is -0.770. The zero-order chi connectivity index (χ0) is 10.7. The second-order valence-corrected chi connectivity index (χ2v) is 4.32. The molecule has 1 aliphatic carbocycles. The van der Waals surface area contributed by atoms with E-state index in [1.165, 1.54) is 0 Å². The number of nitrogens with one attached hydrogen (secondary N) is 1. The quantitative estimate of drug-likeness (QED) is 0.710. The topological polar surface area (TPSA) is 52.6 Å². The Labute approximate surface area is 85.3 Å². The Morgan fingerprint density at radius 1 is 1.50 bits per heavy atom. The van der Waals surface area contributed by atoms with Crippen LogP contribution in [0.1, 0.15) is 33.6 Å². The molecule has 4 nitrogen and oxygen atoms in total. The van der Waals surface area contributed by atoms with E-state index in [0.29, 0.717) is 12.6 Å². The molecule has 0 saturated heterocycles. The van der Waals surface area contributed by atoms with Crippen molar-refractivity contribution in [1.82, 2.24) is 10.2 Å². The maximum Gasteiger partial charge on any atom is 0.317 e. The summed E-state index contributed by atoms with van der Waals surface area (Å²) >= 11 is 0. The molecule has 82 valence electrons. The molecule has 1 rings (SSSR count). The van der Waals surface area contributed by atoms with Gasteiger partial charge in [-0.3, -0.25) is 0 Å². The molecule has 1 atom stereocenters. The molecule has 0 unspecified atom stereocenters.